The van der Waals surface area contributed by atoms with Gasteiger partial charge in [0.25, 0.3) is 0 Å². The molecule has 2 heteroatoms. The number of benzene rings is 1. The standard InChI is InChI=1S/C17H29NO/c1-7-13-10-9-11-14(12-13)15(18-8-2)16(19-6)17(3,4)5/h9-12,15-16,18H,7-8H2,1-6H3. The van der Waals surface area contributed by atoms with Crippen molar-refractivity contribution in [2.45, 2.75) is 53.2 Å². The van der Waals surface area contributed by atoms with Gasteiger partial charge in [-0.1, -0.05) is 58.9 Å². The van der Waals surface area contributed by atoms with Crippen LogP contribution in [0.4, 0.5) is 0 Å². The molecule has 1 rings (SSSR count). The number of nitrogens with one attached hydrogen (secondary N) is 1. The van der Waals surface area contributed by atoms with Gasteiger partial charge in [-0.25, -0.2) is 0 Å². The van der Waals surface area contributed by atoms with Crippen LogP contribution in [0.25, 0.3) is 0 Å². The lowest BCUT2D eigenvalue weighted by Gasteiger charge is -2.36. The maximum atomic E-state index is 5.79. The summed E-state index contributed by atoms with van der Waals surface area (Å²) in [6, 6.07) is 9.07. The van der Waals surface area contributed by atoms with Crippen molar-refractivity contribution in [3.63, 3.8) is 0 Å². The van der Waals surface area contributed by atoms with Crippen LogP contribution in [-0.4, -0.2) is 19.8 Å². The summed E-state index contributed by atoms with van der Waals surface area (Å²) < 4.78 is 5.79. The van der Waals surface area contributed by atoms with E-state index in [0.717, 1.165) is 13.0 Å². The van der Waals surface area contributed by atoms with Gasteiger partial charge in [0.1, 0.15) is 0 Å². The fourth-order valence-corrected chi connectivity index (χ4v) is 2.62. The molecule has 1 aromatic carbocycles. The number of methoxy groups -OCH3 is 1. The molecular weight excluding hydrogens is 234 g/mol. The zero-order valence-corrected chi connectivity index (χ0v) is 13.3. The first-order valence-electron chi connectivity index (χ1n) is 7.29. The lowest BCUT2D eigenvalue weighted by molar-refractivity contribution is -0.0116. The van der Waals surface area contributed by atoms with Crippen molar-refractivity contribution in [3.05, 3.63) is 35.4 Å². The van der Waals surface area contributed by atoms with E-state index in [1.165, 1.54) is 11.1 Å². The van der Waals surface area contributed by atoms with Crippen molar-refractivity contribution >= 4 is 0 Å². The molecule has 0 aliphatic rings. The fourth-order valence-electron chi connectivity index (χ4n) is 2.62. The van der Waals surface area contributed by atoms with E-state index in [0.29, 0.717) is 0 Å². The van der Waals surface area contributed by atoms with Crippen molar-refractivity contribution in [3.8, 4) is 0 Å². The van der Waals surface area contributed by atoms with Gasteiger partial charge in [0.15, 0.2) is 0 Å². The van der Waals surface area contributed by atoms with Crippen LogP contribution in [0.5, 0.6) is 0 Å². The summed E-state index contributed by atoms with van der Waals surface area (Å²) in [6.45, 7) is 12.0. The van der Waals surface area contributed by atoms with Crippen molar-refractivity contribution in [1.82, 2.24) is 5.32 Å². The van der Waals surface area contributed by atoms with E-state index < -0.39 is 0 Å². The highest BCUT2D eigenvalue weighted by Crippen LogP contribution is 2.32. The molecule has 2 nitrogen and oxygen atoms in total. The minimum Gasteiger partial charge on any atom is -0.379 e. The average molecular weight is 263 g/mol. The predicted molar refractivity (Wildman–Crippen MR) is 82.5 cm³/mol. The Labute approximate surface area is 118 Å². The van der Waals surface area contributed by atoms with Crippen LogP contribution in [0.15, 0.2) is 24.3 Å². The Balaban J connectivity index is 3.10. The smallest absolute Gasteiger partial charge is 0.0814 e. The molecule has 108 valence electrons. The predicted octanol–water partition coefficient (Wildman–Crippen LogP) is 3.96. The van der Waals surface area contributed by atoms with E-state index in [9.17, 15) is 0 Å². The normalized spacial score (nSPS) is 15.3. The number of likely N-dealkylation sites (N-methyl/N-ethyl adjacent to an activating group) is 1. The molecule has 0 aliphatic carbocycles. The Morgan fingerprint density at radius 2 is 1.89 bits per heavy atom. The molecule has 0 aliphatic heterocycles. The second-order valence-electron chi connectivity index (χ2n) is 6.16. The van der Waals surface area contributed by atoms with Crippen molar-refractivity contribution in [2.24, 2.45) is 5.41 Å². The number of ether oxygens (including phenoxy) is 1. The lowest BCUT2D eigenvalue weighted by Crippen LogP contribution is -2.41. The van der Waals surface area contributed by atoms with Crippen molar-refractivity contribution in [2.75, 3.05) is 13.7 Å². The van der Waals surface area contributed by atoms with Gasteiger partial charge in [0.05, 0.1) is 12.1 Å². The van der Waals surface area contributed by atoms with Crippen molar-refractivity contribution < 1.29 is 4.74 Å². The van der Waals surface area contributed by atoms with Gasteiger partial charge in [-0.3, -0.25) is 0 Å². The molecular formula is C17H29NO. The molecule has 0 heterocycles. The second-order valence-corrected chi connectivity index (χ2v) is 6.16. The monoisotopic (exact) mass is 263 g/mol. The first kappa shape index (κ1) is 16.2. The molecule has 0 fully saturated rings. The Hall–Kier alpha value is -0.860. The van der Waals surface area contributed by atoms with Crippen LogP contribution < -0.4 is 5.32 Å². The molecule has 0 saturated heterocycles. The maximum Gasteiger partial charge on any atom is 0.0814 e. The van der Waals surface area contributed by atoms with E-state index in [4.69, 9.17) is 4.74 Å². The van der Waals surface area contributed by atoms with Gasteiger partial charge < -0.3 is 10.1 Å². The van der Waals surface area contributed by atoms with E-state index in [-0.39, 0.29) is 17.6 Å². The third-order valence-corrected chi connectivity index (χ3v) is 3.55. The highest BCUT2D eigenvalue weighted by molar-refractivity contribution is 5.27. The van der Waals surface area contributed by atoms with E-state index in [1.54, 1.807) is 0 Å². The van der Waals surface area contributed by atoms with Gasteiger partial charge in [0.2, 0.25) is 0 Å². The third-order valence-electron chi connectivity index (χ3n) is 3.55. The van der Waals surface area contributed by atoms with Crippen LogP contribution in [0.2, 0.25) is 0 Å². The van der Waals surface area contributed by atoms with Gasteiger partial charge in [-0.05, 0) is 29.5 Å². The topological polar surface area (TPSA) is 21.3 Å². The molecule has 1 N–H and O–H groups in total. The molecule has 0 aromatic heterocycles. The zero-order valence-electron chi connectivity index (χ0n) is 13.3. The van der Waals surface area contributed by atoms with Gasteiger partial charge in [-0.2, -0.15) is 0 Å². The van der Waals surface area contributed by atoms with E-state index >= 15 is 0 Å². The SMILES string of the molecule is CCNC(c1cccc(CC)c1)C(OC)C(C)(C)C. The zero-order chi connectivity index (χ0) is 14.5. The highest BCUT2D eigenvalue weighted by atomic mass is 16.5. The van der Waals surface area contributed by atoms with Crippen LogP contribution in [-0.2, 0) is 11.2 Å². The number of hydrogen-bond acceptors (Lipinski definition) is 2. The van der Waals surface area contributed by atoms with Gasteiger partial charge in [0, 0.05) is 7.11 Å². The first-order chi connectivity index (χ1) is 8.93. The quantitative estimate of drug-likeness (QED) is 0.839. The van der Waals surface area contributed by atoms with E-state index in [2.05, 4.69) is 64.2 Å². The molecule has 0 amide bonds. The van der Waals surface area contributed by atoms with Crippen LogP contribution >= 0.6 is 0 Å². The van der Waals surface area contributed by atoms with Crippen LogP contribution in [0.1, 0.15) is 51.8 Å². The number of hydrogen-bond donors (Lipinski definition) is 1. The minimum absolute atomic E-state index is 0.101. The molecule has 2 unspecified atom stereocenters. The molecule has 19 heavy (non-hydrogen) atoms. The molecule has 1 aromatic rings. The summed E-state index contributed by atoms with van der Waals surface area (Å²) in [5, 5.41) is 3.58. The third kappa shape index (κ3) is 4.32. The largest absolute Gasteiger partial charge is 0.379 e. The summed E-state index contributed by atoms with van der Waals surface area (Å²) in [7, 11) is 1.81. The lowest BCUT2D eigenvalue weighted by atomic mass is 9.81. The Morgan fingerprint density at radius 1 is 1.21 bits per heavy atom. The maximum absolute atomic E-state index is 5.79. The highest BCUT2D eigenvalue weighted by Gasteiger charge is 2.32. The Morgan fingerprint density at radius 3 is 2.37 bits per heavy atom. The molecule has 0 spiro atoms. The Bertz CT molecular complexity index is 381. The second kappa shape index (κ2) is 7.06. The van der Waals surface area contributed by atoms with Gasteiger partial charge in [-0.15, -0.1) is 0 Å². The van der Waals surface area contributed by atoms with Crippen LogP contribution in [0.3, 0.4) is 0 Å². The summed E-state index contributed by atoms with van der Waals surface area (Å²) in [5.74, 6) is 0. The average Bonchev–Trinajstić information content (AvgIpc) is 2.37. The summed E-state index contributed by atoms with van der Waals surface area (Å²) in [6.07, 6.45) is 1.22. The molecule has 0 saturated carbocycles. The first-order valence-corrected chi connectivity index (χ1v) is 7.29. The molecule has 0 bridgehead atoms. The van der Waals surface area contributed by atoms with E-state index in [1.807, 2.05) is 7.11 Å². The summed E-state index contributed by atoms with van der Waals surface area (Å²) in [4.78, 5) is 0. The summed E-state index contributed by atoms with van der Waals surface area (Å²) in [5.41, 5.74) is 2.80. The minimum atomic E-state index is 0.101. The summed E-state index contributed by atoms with van der Waals surface area (Å²) >= 11 is 0. The molecule has 0 radical (unpaired) electrons. The number of aryl methyl sites for hydroxylation is 1. The van der Waals surface area contributed by atoms with Crippen LogP contribution in [0, 0.1) is 5.41 Å². The molecule has 2 atom stereocenters. The Kier molecular flexibility index (Phi) is 6.02. The number of rotatable bonds is 6. The van der Waals surface area contributed by atoms with Gasteiger partial charge >= 0.3 is 0 Å². The fraction of sp³-hybridized carbons (Fsp3) is 0.647. The van der Waals surface area contributed by atoms with Crippen molar-refractivity contribution in [1.29, 1.82) is 0 Å².